The van der Waals surface area contributed by atoms with Crippen molar-refractivity contribution in [2.24, 2.45) is 0 Å². The van der Waals surface area contributed by atoms with Crippen molar-refractivity contribution in [1.29, 1.82) is 0 Å². The van der Waals surface area contributed by atoms with Gasteiger partial charge in [-0.3, -0.25) is 9.59 Å². The number of carbonyl (C=O) groups is 4. The van der Waals surface area contributed by atoms with E-state index in [1.54, 1.807) is 24.3 Å². The number of amides is 2. The SMILES string of the molecule is O=C(Cc1ccc(Cl)cc1)NC[C@@H](O)[C@@H](O)[C@@H]1O[C@@](SCc2ccc(C(=O)O)cc2)(C(=O)O)C[C@H](O)[C@H]1NC(=O)CO. The number of aromatic carboxylic acids is 1. The summed E-state index contributed by atoms with van der Waals surface area (Å²) >= 11 is 6.58. The van der Waals surface area contributed by atoms with Crippen molar-refractivity contribution in [3.05, 3.63) is 70.2 Å². The van der Waals surface area contributed by atoms with Crippen molar-refractivity contribution in [2.45, 2.75) is 54.0 Å². The minimum atomic E-state index is -2.16. The molecule has 0 aliphatic carbocycles. The number of ether oxygens (including phenoxy) is 1. The van der Waals surface area contributed by atoms with Crippen LogP contribution in [0.25, 0.3) is 0 Å². The number of benzene rings is 2. The van der Waals surface area contributed by atoms with Crippen LogP contribution in [0.1, 0.15) is 27.9 Å². The van der Waals surface area contributed by atoms with Gasteiger partial charge >= 0.3 is 11.9 Å². The summed E-state index contributed by atoms with van der Waals surface area (Å²) in [7, 11) is 0. The molecular weight excluding hydrogens is 596 g/mol. The van der Waals surface area contributed by atoms with Crippen LogP contribution in [-0.4, -0.2) is 103 Å². The predicted molar refractivity (Wildman–Crippen MR) is 150 cm³/mol. The number of aliphatic hydroxyl groups is 4. The molecule has 0 unspecified atom stereocenters. The number of halogens is 1. The Morgan fingerprint density at radius 1 is 1.00 bits per heavy atom. The van der Waals surface area contributed by atoms with Gasteiger partial charge in [0.25, 0.3) is 0 Å². The van der Waals surface area contributed by atoms with E-state index in [0.717, 1.165) is 11.8 Å². The van der Waals surface area contributed by atoms with E-state index < -0.39 is 78.7 Å². The average Bonchev–Trinajstić information content (AvgIpc) is 2.96. The Bertz CT molecular complexity index is 1260. The molecule has 8 N–H and O–H groups in total. The molecule has 0 saturated carbocycles. The van der Waals surface area contributed by atoms with Crippen LogP contribution in [0.3, 0.4) is 0 Å². The number of carboxylic acid groups (broad SMARTS) is 2. The van der Waals surface area contributed by atoms with Gasteiger partial charge in [0, 0.05) is 23.7 Å². The van der Waals surface area contributed by atoms with E-state index in [-0.39, 0.29) is 17.7 Å². The summed E-state index contributed by atoms with van der Waals surface area (Å²) < 4.78 is 5.82. The number of hydrogen-bond donors (Lipinski definition) is 8. The Morgan fingerprint density at radius 2 is 1.62 bits per heavy atom. The van der Waals surface area contributed by atoms with Crippen molar-refractivity contribution in [2.75, 3.05) is 13.2 Å². The van der Waals surface area contributed by atoms with Crippen molar-refractivity contribution in [1.82, 2.24) is 10.6 Å². The zero-order chi connectivity index (χ0) is 31.0. The van der Waals surface area contributed by atoms with E-state index in [1.165, 1.54) is 24.3 Å². The Morgan fingerprint density at radius 3 is 2.19 bits per heavy atom. The highest BCUT2D eigenvalue weighted by Gasteiger charge is 2.55. The van der Waals surface area contributed by atoms with Gasteiger partial charge in [-0.25, -0.2) is 9.59 Å². The van der Waals surface area contributed by atoms with Gasteiger partial charge in [0.15, 0.2) is 0 Å². The molecule has 228 valence electrons. The highest BCUT2D eigenvalue weighted by atomic mass is 35.5. The molecule has 2 aromatic rings. The molecule has 0 bridgehead atoms. The first-order valence-electron chi connectivity index (χ1n) is 12.7. The molecule has 0 aromatic heterocycles. The molecule has 42 heavy (non-hydrogen) atoms. The zero-order valence-corrected chi connectivity index (χ0v) is 23.6. The fourth-order valence-corrected chi connectivity index (χ4v) is 5.61. The third-order valence-corrected chi connectivity index (χ3v) is 8.19. The predicted octanol–water partition coefficient (Wildman–Crippen LogP) is -0.240. The first-order chi connectivity index (χ1) is 19.8. The maximum atomic E-state index is 12.4. The lowest BCUT2D eigenvalue weighted by molar-refractivity contribution is -0.203. The minimum absolute atomic E-state index is 0.00128. The molecule has 15 heteroatoms. The third kappa shape index (κ3) is 8.64. The zero-order valence-electron chi connectivity index (χ0n) is 22.1. The van der Waals surface area contributed by atoms with Crippen LogP contribution < -0.4 is 10.6 Å². The number of carbonyl (C=O) groups excluding carboxylic acids is 2. The van der Waals surface area contributed by atoms with E-state index in [4.69, 9.17) is 21.4 Å². The van der Waals surface area contributed by atoms with Crippen LogP contribution in [-0.2, 0) is 31.3 Å². The lowest BCUT2D eigenvalue weighted by atomic mass is 9.89. The molecule has 2 amide bonds. The van der Waals surface area contributed by atoms with Gasteiger partial charge in [0.2, 0.25) is 16.7 Å². The molecule has 0 radical (unpaired) electrons. The summed E-state index contributed by atoms with van der Waals surface area (Å²) in [5.74, 6) is -4.09. The molecule has 1 heterocycles. The second kappa shape index (κ2) is 14.8. The van der Waals surface area contributed by atoms with Gasteiger partial charge in [0.1, 0.15) is 18.8 Å². The Kier molecular flexibility index (Phi) is 11.7. The van der Waals surface area contributed by atoms with E-state index in [2.05, 4.69) is 10.6 Å². The first-order valence-corrected chi connectivity index (χ1v) is 14.0. The van der Waals surface area contributed by atoms with E-state index >= 15 is 0 Å². The van der Waals surface area contributed by atoms with Gasteiger partial charge in [-0.1, -0.05) is 35.9 Å². The number of nitrogens with one attached hydrogen (secondary N) is 2. The quantitative estimate of drug-likeness (QED) is 0.144. The topological polar surface area (TPSA) is 223 Å². The van der Waals surface area contributed by atoms with Gasteiger partial charge in [-0.05, 0) is 35.4 Å². The second-order valence-electron chi connectivity index (χ2n) is 9.62. The minimum Gasteiger partial charge on any atom is -0.478 e. The second-order valence-corrected chi connectivity index (χ2v) is 11.3. The fraction of sp³-hybridized carbons (Fsp3) is 0.407. The van der Waals surface area contributed by atoms with Crippen LogP contribution in [0, 0.1) is 0 Å². The summed E-state index contributed by atoms with van der Waals surface area (Å²) in [5, 5.41) is 66.2. The normalized spacial score (nSPS) is 23.4. The average molecular weight is 627 g/mol. The summed E-state index contributed by atoms with van der Waals surface area (Å²) in [6, 6.07) is 10.7. The first kappa shape index (κ1) is 33.3. The molecule has 13 nitrogen and oxygen atoms in total. The molecule has 1 aliphatic rings. The third-order valence-electron chi connectivity index (χ3n) is 6.56. The molecular formula is C27H31ClN2O11S. The van der Waals surface area contributed by atoms with Gasteiger partial charge < -0.3 is 46.0 Å². The monoisotopic (exact) mass is 626 g/mol. The largest absolute Gasteiger partial charge is 0.478 e. The summed E-state index contributed by atoms with van der Waals surface area (Å²) in [4.78, 5) is 45.7. The smallest absolute Gasteiger partial charge is 0.346 e. The number of aliphatic carboxylic acids is 1. The lowest BCUT2D eigenvalue weighted by Crippen LogP contribution is -2.67. The van der Waals surface area contributed by atoms with Crippen molar-refractivity contribution in [3.63, 3.8) is 0 Å². The van der Waals surface area contributed by atoms with Crippen molar-refractivity contribution >= 4 is 47.1 Å². The van der Waals surface area contributed by atoms with Crippen LogP contribution in [0.15, 0.2) is 48.5 Å². The highest BCUT2D eigenvalue weighted by molar-refractivity contribution is 8.00. The summed E-state index contributed by atoms with van der Waals surface area (Å²) in [6.07, 6.45) is -7.52. The van der Waals surface area contributed by atoms with Gasteiger partial charge in [-0.15, -0.1) is 11.8 Å². The molecule has 6 atom stereocenters. The maximum absolute atomic E-state index is 12.4. The fourth-order valence-electron chi connectivity index (χ4n) is 4.30. The van der Waals surface area contributed by atoms with Gasteiger partial charge in [-0.2, -0.15) is 0 Å². The van der Waals surface area contributed by atoms with E-state index in [9.17, 15) is 44.7 Å². The number of aliphatic hydroxyl groups excluding tert-OH is 4. The number of carboxylic acids is 2. The summed E-state index contributed by atoms with van der Waals surface area (Å²) in [6.45, 7) is -1.45. The molecule has 1 aliphatic heterocycles. The maximum Gasteiger partial charge on any atom is 0.346 e. The van der Waals surface area contributed by atoms with Crippen molar-refractivity contribution < 1.29 is 54.6 Å². The standard InChI is InChI=1S/C27H31ClN2O11S/c28-17-7-3-14(4-8-17)9-20(34)29-11-19(33)23(36)24-22(30-21(35)12-31)18(32)10-27(41-24,26(39)40)42-13-15-1-5-16(6-2-15)25(37)38/h1-8,18-19,22-24,31-33,36H,9-13H2,(H,29,34)(H,30,35)(H,37,38)(H,39,40)/t18-,19+,22+,23+,24+,27-/m0/s1. The van der Waals surface area contributed by atoms with E-state index in [0.29, 0.717) is 16.1 Å². The van der Waals surface area contributed by atoms with Gasteiger partial charge in [0.05, 0.1) is 30.2 Å². The van der Waals surface area contributed by atoms with Crippen LogP contribution in [0.2, 0.25) is 5.02 Å². The Balaban J connectivity index is 1.76. The number of hydrogen-bond acceptors (Lipinski definition) is 10. The van der Waals surface area contributed by atoms with Crippen molar-refractivity contribution in [3.8, 4) is 0 Å². The molecule has 2 aromatic carbocycles. The molecule has 1 saturated heterocycles. The lowest BCUT2D eigenvalue weighted by Gasteiger charge is -2.46. The number of thioether (sulfide) groups is 1. The molecule has 0 spiro atoms. The summed E-state index contributed by atoms with van der Waals surface area (Å²) in [5.41, 5.74) is 1.21. The molecule has 1 fully saturated rings. The van der Waals surface area contributed by atoms with E-state index in [1.807, 2.05) is 0 Å². The van der Waals surface area contributed by atoms with Crippen LogP contribution >= 0.6 is 23.4 Å². The van der Waals surface area contributed by atoms with Crippen LogP contribution in [0.5, 0.6) is 0 Å². The Labute approximate surface area is 249 Å². The Hall–Kier alpha value is -3.24. The molecule has 3 rings (SSSR count). The van der Waals surface area contributed by atoms with Crippen LogP contribution in [0.4, 0.5) is 0 Å². The highest BCUT2D eigenvalue weighted by Crippen LogP contribution is 2.42. The number of rotatable bonds is 13.